The van der Waals surface area contributed by atoms with Crippen LogP contribution in [0.15, 0.2) is 0 Å². The van der Waals surface area contributed by atoms with Gasteiger partial charge in [-0.15, -0.1) is 0 Å². The molecule has 3 heteroatoms. The summed E-state index contributed by atoms with van der Waals surface area (Å²) in [7, 11) is 0. The molecular formula is C12H21N3. The maximum atomic E-state index is 5.54. The summed E-state index contributed by atoms with van der Waals surface area (Å²) < 4.78 is 0. The van der Waals surface area contributed by atoms with E-state index in [0.717, 1.165) is 12.2 Å². The standard InChI is InChI=1S/C12H21N3/c1-9-12(10-5-3-2-4-6-10)15-11(14-9)7-8-13/h10H,2-8,13H2,1H3,(H,14,15). The Morgan fingerprint density at radius 3 is 2.73 bits per heavy atom. The number of nitrogens with two attached hydrogens (primary N) is 1. The van der Waals surface area contributed by atoms with Gasteiger partial charge in [-0.1, -0.05) is 19.3 Å². The molecule has 2 rings (SSSR count). The van der Waals surface area contributed by atoms with E-state index in [1.807, 2.05) is 0 Å². The van der Waals surface area contributed by atoms with Crippen LogP contribution in [0.5, 0.6) is 0 Å². The van der Waals surface area contributed by atoms with Gasteiger partial charge in [-0.05, 0) is 26.3 Å². The molecule has 3 nitrogen and oxygen atoms in total. The lowest BCUT2D eigenvalue weighted by atomic mass is 9.86. The van der Waals surface area contributed by atoms with Crippen molar-refractivity contribution in [3.63, 3.8) is 0 Å². The van der Waals surface area contributed by atoms with E-state index in [0.29, 0.717) is 12.5 Å². The predicted molar refractivity (Wildman–Crippen MR) is 61.9 cm³/mol. The summed E-state index contributed by atoms with van der Waals surface area (Å²) >= 11 is 0. The van der Waals surface area contributed by atoms with Crippen molar-refractivity contribution >= 4 is 0 Å². The number of aromatic amines is 1. The van der Waals surface area contributed by atoms with Crippen LogP contribution >= 0.6 is 0 Å². The third-order valence-electron chi connectivity index (χ3n) is 3.34. The molecular weight excluding hydrogens is 186 g/mol. The molecule has 3 N–H and O–H groups in total. The maximum Gasteiger partial charge on any atom is 0.107 e. The van der Waals surface area contributed by atoms with Crippen molar-refractivity contribution in [2.45, 2.75) is 51.4 Å². The summed E-state index contributed by atoms with van der Waals surface area (Å²) in [4.78, 5) is 8.04. The van der Waals surface area contributed by atoms with E-state index in [1.54, 1.807) is 0 Å². The van der Waals surface area contributed by atoms with Crippen molar-refractivity contribution in [1.29, 1.82) is 0 Å². The summed E-state index contributed by atoms with van der Waals surface area (Å²) in [6.07, 6.45) is 7.62. The second-order valence-corrected chi connectivity index (χ2v) is 4.57. The molecule has 0 bridgehead atoms. The van der Waals surface area contributed by atoms with E-state index in [-0.39, 0.29) is 0 Å². The average molecular weight is 207 g/mol. The van der Waals surface area contributed by atoms with E-state index in [1.165, 1.54) is 43.5 Å². The van der Waals surface area contributed by atoms with Gasteiger partial charge in [0.1, 0.15) is 5.82 Å². The molecule has 0 unspecified atom stereocenters. The van der Waals surface area contributed by atoms with E-state index < -0.39 is 0 Å². The molecule has 1 fully saturated rings. The fourth-order valence-electron chi connectivity index (χ4n) is 2.57. The predicted octanol–water partition coefficient (Wildman–Crippen LogP) is 2.27. The van der Waals surface area contributed by atoms with Gasteiger partial charge in [0, 0.05) is 18.0 Å². The monoisotopic (exact) mass is 207 g/mol. The number of aryl methyl sites for hydroxylation is 1. The van der Waals surface area contributed by atoms with Crippen molar-refractivity contribution in [3.05, 3.63) is 17.2 Å². The van der Waals surface area contributed by atoms with Gasteiger partial charge in [0.05, 0.1) is 5.69 Å². The lowest BCUT2D eigenvalue weighted by Crippen LogP contribution is -2.07. The Morgan fingerprint density at radius 2 is 2.07 bits per heavy atom. The highest BCUT2D eigenvalue weighted by Crippen LogP contribution is 2.33. The minimum Gasteiger partial charge on any atom is -0.346 e. The number of rotatable bonds is 3. The number of hydrogen-bond donors (Lipinski definition) is 2. The molecule has 1 aromatic heterocycles. The van der Waals surface area contributed by atoms with Gasteiger partial charge in [0.15, 0.2) is 0 Å². The van der Waals surface area contributed by atoms with Gasteiger partial charge >= 0.3 is 0 Å². The van der Waals surface area contributed by atoms with Crippen LogP contribution in [0.1, 0.15) is 55.2 Å². The lowest BCUT2D eigenvalue weighted by Gasteiger charge is -2.20. The molecule has 1 saturated carbocycles. The Kier molecular flexibility index (Phi) is 3.41. The summed E-state index contributed by atoms with van der Waals surface area (Å²) in [6, 6.07) is 0. The zero-order valence-corrected chi connectivity index (χ0v) is 9.55. The first kappa shape index (κ1) is 10.7. The summed E-state index contributed by atoms with van der Waals surface area (Å²) in [5.41, 5.74) is 8.10. The van der Waals surface area contributed by atoms with Crippen LogP contribution in [0.3, 0.4) is 0 Å². The van der Waals surface area contributed by atoms with E-state index in [4.69, 9.17) is 5.73 Å². The molecule has 1 aliphatic rings. The number of hydrogen-bond acceptors (Lipinski definition) is 2. The molecule has 84 valence electrons. The zero-order chi connectivity index (χ0) is 10.7. The first-order valence-corrected chi connectivity index (χ1v) is 6.06. The van der Waals surface area contributed by atoms with Crippen LogP contribution in [-0.2, 0) is 6.42 Å². The molecule has 1 aliphatic carbocycles. The fraction of sp³-hybridized carbons (Fsp3) is 0.750. The van der Waals surface area contributed by atoms with Gasteiger partial charge < -0.3 is 10.7 Å². The first-order chi connectivity index (χ1) is 7.31. The smallest absolute Gasteiger partial charge is 0.107 e. The molecule has 1 aromatic rings. The topological polar surface area (TPSA) is 54.7 Å². The Balaban J connectivity index is 2.11. The second-order valence-electron chi connectivity index (χ2n) is 4.57. The minimum absolute atomic E-state index is 0.678. The van der Waals surface area contributed by atoms with Crippen molar-refractivity contribution in [2.24, 2.45) is 5.73 Å². The third kappa shape index (κ3) is 2.40. The number of imidazole rings is 1. The maximum absolute atomic E-state index is 5.54. The summed E-state index contributed by atoms with van der Waals surface area (Å²) in [5, 5.41) is 0. The largest absolute Gasteiger partial charge is 0.346 e. The number of aromatic nitrogens is 2. The summed E-state index contributed by atoms with van der Waals surface area (Å²) in [6.45, 7) is 2.81. The molecule has 0 atom stereocenters. The molecule has 0 saturated heterocycles. The van der Waals surface area contributed by atoms with E-state index >= 15 is 0 Å². The first-order valence-electron chi connectivity index (χ1n) is 6.06. The van der Waals surface area contributed by atoms with Crippen molar-refractivity contribution < 1.29 is 0 Å². The van der Waals surface area contributed by atoms with Crippen LogP contribution < -0.4 is 5.73 Å². The average Bonchev–Trinajstić information content (AvgIpc) is 2.61. The quantitative estimate of drug-likeness (QED) is 0.798. The zero-order valence-electron chi connectivity index (χ0n) is 9.55. The summed E-state index contributed by atoms with van der Waals surface area (Å²) in [5.74, 6) is 1.76. The highest BCUT2D eigenvalue weighted by atomic mass is 14.9. The van der Waals surface area contributed by atoms with Crippen molar-refractivity contribution in [1.82, 2.24) is 9.97 Å². The molecule has 1 heterocycles. The molecule has 0 aliphatic heterocycles. The van der Waals surface area contributed by atoms with E-state index in [9.17, 15) is 0 Å². The molecule has 0 radical (unpaired) electrons. The Labute approximate surface area is 91.5 Å². The third-order valence-corrected chi connectivity index (χ3v) is 3.34. The molecule has 0 spiro atoms. The van der Waals surface area contributed by atoms with Gasteiger partial charge in [-0.3, -0.25) is 0 Å². The Morgan fingerprint density at radius 1 is 1.33 bits per heavy atom. The molecule has 0 amide bonds. The Hall–Kier alpha value is -0.830. The van der Waals surface area contributed by atoms with Crippen LogP contribution in [0.2, 0.25) is 0 Å². The second kappa shape index (κ2) is 4.79. The van der Waals surface area contributed by atoms with Gasteiger partial charge in [-0.25, -0.2) is 4.98 Å². The lowest BCUT2D eigenvalue weighted by molar-refractivity contribution is 0.436. The number of nitrogens with one attached hydrogen (secondary N) is 1. The highest BCUT2D eigenvalue weighted by Gasteiger charge is 2.20. The fourth-order valence-corrected chi connectivity index (χ4v) is 2.57. The normalized spacial score (nSPS) is 18.3. The van der Waals surface area contributed by atoms with Crippen molar-refractivity contribution in [2.75, 3.05) is 6.54 Å². The number of nitrogens with zero attached hydrogens (tertiary/aromatic N) is 1. The van der Waals surface area contributed by atoms with Gasteiger partial charge in [0.25, 0.3) is 0 Å². The van der Waals surface area contributed by atoms with E-state index in [2.05, 4.69) is 16.9 Å². The minimum atomic E-state index is 0.678. The van der Waals surface area contributed by atoms with Crippen molar-refractivity contribution in [3.8, 4) is 0 Å². The molecule has 0 aromatic carbocycles. The Bertz CT molecular complexity index is 311. The SMILES string of the molecule is Cc1[nH]c(CCN)nc1C1CCCCC1. The van der Waals surface area contributed by atoms with Crippen LogP contribution in [0, 0.1) is 6.92 Å². The van der Waals surface area contributed by atoms with Gasteiger partial charge in [-0.2, -0.15) is 0 Å². The van der Waals surface area contributed by atoms with Crippen LogP contribution in [-0.4, -0.2) is 16.5 Å². The molecule has 15 heavy (non-hydrogen) atoms. The van der Waals surface area contributed by atoms with Gasteiger partial charge in [0.2, 0.25) is 0 Å². The highest BCUT2D eigenvalue weighted by molar-refractivity contribution is 5.18. The van der Waals surface area contributed by atoms with Crippen LogP contribution in [0.4, 0.5) is 0 Å². The number of H-pyrrole nitrogens is 1. The van der Waals surface area contributed by atoms with Crippen LogP contribution in [0.25, 0.3) is 0 Å².